The molecule has 0 amide bonds. The van der Waals surface area contributed by atoms with Crippen molar-refractivity contribution in [2.24, 2.45) is 0 Å². The maximum atomic E-state index is 12.2. The fourth-order valence-electron chi connectivity index (χ4n) is 1.22. The first-order valence-electron chi connectivity index (χ1n) is 4.30. The van der Waals surface area contributed by atoms with Gasteiger partial charge in [0.05, 0.1) is 11.1 Å². The molecular formula is C10H6BrF3O3. The van der Waals surface area contributed by atoms with Gasteiger partial charge >= 0.3 is 6.36 Å². The molecule has 0 atom stereocenters. The molecule has 1 rings (SSSR count). The van der Waals surface area contributed by atoms with Crippen LogP contribution in [-0.4, -0.2) is 18.4 Å². The van der Waals surface area contributed by atoms with Crippen LogP contribution in [0.5, 0.6) is 5.75 Å². The number of hydrogen-bond donors (Lipinski definition) is 0. The van der Waals surface area contributed by atoms with Crippen molar-refractivity contribution in [1.82, 2.24) is 0 Å². The first-order valence-corrected chi connectivity index (χ1v) is 5.10. The van der Waals surface area contributed by atoms with E-state index in [1.54, 1.807) is 0 Å². The summed E-state index contributed by atoms with van der Waals surface area (Å²) in [7, 11) is 0. The van der Waals surface area contributed by atoms with Crippen molar-refractivity contribution >= 4 is 28.0 Å². The standard InChI is InChI=1S/C10H6BrF3O3/c1-5(16)8-7(11)3-2-6(4-15)9(8)17-10(12,13)14/h2-4H,1H3. The fourth-order valence-corrected chi connectivity index (χ4v) is 1.81. The number of aldehydes is 1. The molecule has 0 aliphatic rings. The third kappa shape index (κ3) is 3.29. The number of hydrogen-bond acceptors (Lipinski definition) is 3. The Kier molecular flexibility index (Phi) is 3.92. The van der Waals surface area contributed by atoms with E-state index in [9.17, 15) is 22.8 Å². The normalized spacial score (nSPS) is 11.1. The zero-order valence-corrected chi connectivity index (χ0v) is 10.1. The van der Waals surface area contributed by atoms with Crippen LogP contribution in [-0.2, 0) is 0 Å². The molecule has 0 aliphatic carbocycles. The Morgan fingerprint density at radius 2 is 2.00 bits per heavy atom. The van der Waals surface area contributed by atoms with Crippen molar-refractivity contribution in [3.63, 3.8) is 0 Å². The van der Waals surface area contributed by atoms with Crippen molar-refractivity contribution in [3.05, 3.63) is 27.7 Å². The Morgan fingerprint density at radius 3 is 2.41 bits per heavy atom. The van der Waals surface area contributed by atoms with E-state index in [1.807, 2.05) is 0 Å². The van der Waals surface area contributed by atoms with Crippen LogP contribution in [0, 0.1) is 0 Å². The van der Waals surface area contributed by atoms with E-state index in [2.05, 4.69) is 20.7 Å². The van der Waals surface area contributed by atoms with E-state index in [4.69, 9.17) is 0 Å². The molecule has 7 heteroatoms. The molecule has 0 aromatic heterocycles. The summed E-state index contributed by atoms with van der Waals surface area (Å²) in [6, 6.07) is 2.44. The molecule has 0 saturated heterocycles. The molecule has 0 bridgehead atoms. The van der Waals surface area contributed by atoms with Gasteiger partial charge in [-0.3, -0.25) is 9.59 Å². The van der Waals surface area contributed by atoms with Crippen LogP contribution < -0.4 is 4.74 Å². The molecule has 3 nitrogen and oxygen atoms in total. The molecule has 0 heterocycles. The average molecular weight is 311 g/mol. The van der Waals surface area contributed by atoms with Gasteiger partial charge in [0.1, 0.15) is 0 Å². The zero-order chi connectivity index (χ0) is 13.2. The molecule has 0 unspecified atom stereocenters. The average Bonchev–Trinajstić information content (AvgIpc) is 2.15. The van der Waals surface area contributed by atoms with Crippen molar-refractivity contribution in [3.8, 4) is 5.75 Å². The van der Waals surface area contributed by atoms with Crippen molar-refractivity contribution in [2.45, 2.75) is 13.3 Å². The smallest absolute Gasteiger partial charge is 0.404 e. The Morgan fingerprint density at radius 1 is 1.41 bits per heavy atom. The minimum Gasteiger partial charge on any atom is -0.404 e. The quantitative estimate of drug-likeness (QED) is 0.635. The lowest BCUT2D eigenvalue weighted by atomic mass is 10.1. The largest absolute Gasteiger partial charge is 0.573 e. The summed E-state index contributed by atoms with van der Waals surface area (Å²) in [5.74, 6) is -1.42. The summed E-state index contributed by atoms with van der Waals surface area (Å²) in [5, 5.41) is 0. The van der Waals surface area contributed by atoms with Gasteiger partial charge in [-0.2, -0.15) is 0 Å². The van der Waals surface area contributed by atoms with Crippen LogP contribution in [0.2, 0.25) is 0 Å². The molecule has 1 aromatic carbocycles. The minimum atomic E-state index is -4.97. The van der Waals surface area contributed by atoms with Gasteiger partial charge < -0.3 is 4.74 Å². The van der Waals surface area contributed by atoms with Gasteiger partial charge in [-0.05, 0) is 35.0 Å². The number of alkyl halides is 3. The first-order chi connectivity index (χ1) is 7.76. The molecule has 17 heavy (non-hydrogen) atoms. The molecule has 0 saturated carbocycles. The second kappa shape index (κ2) is 4.87. The van der Waals surface area contributed by atoms with E-state index < -0.39 is 17.9 Å². The number of halogens is 4. The fraction of sp³-hybridized carbons (Fsp3) is 0.200. The molecule has 92 valence electrons. The number of ether oxygens (including phenoxy) is 1. The van der Waals surface area contributed by atoms with E-state index in [0.717, 1.165) is 13.0 Å². The van der Waals surface area contributed by atoms with E-state index in [0.29, 0.717) is 0 Å². The summed E-state index contributed by atoms with van der Waals surface area (Å²) in [6.45, 7) is 1.08. The lowest BCUT2D eigenvalue weighted by Gasteiger charge is -2.14. The number of carbonyl (C=O) groups is 2. The summed E-state index contributed by atoms with van der Waals surface area (Å²) in [5.41, 5.74) is -0.650. The van der Waals surface area contributed by atoms with Crippen LogP contribution in [0.4, 0.5) is 13.2 Å². The van der Waals surface area contributed by atoms with E-state index >= 15 is 0 Å². The summed E-state index contributed by atoms with van der Waals surface area (Å²) >= 11 is 2.93. The van der Waals surface area contributed by atoms with Crippen LogP contribution in [0.1, 0.15) is 27.6 Å². The molecular weight excluding hydrogens is 305 g/mol. The number of rotatable bonds is 3. The monoisotopic (exact) mass is 310 g/mol. The number of ketones is 1. The highest BCUT2D eigenvalue weighted by Gasteiger charge is 2.34. The molecule has 0 radical (unpaired) electrons. The topological polar surface area (TPSA) is 43.4 Å². The SMILES string of the molecule is CC(=O)c1c(Br)ccc(C=O)c1OC(F)(F)F. The Balaban J connectivity index is 3.45. The number of carbonyl (C=O) groups excluding carboxylic acids is 2. The van der Waals surface area contributed by atoms with Gasteiger partial charge in [-0.1, -0.05) is 0 Å². The number of benzene rings is 1. The van der Waals surface area contributed by atoms with Crippen molar-refractivity contribution < 1.29 is 27.5 Å². The third-order valence-electron chi connectivity index (χ3n) is 1.83. The molecule has 0 aliphatic heterocycles. The van der Waals surface area contributed by atoms with Gasteiger partial charge in [0, 0.05) is 4.47 Å². The summed E-state index contributed by atoms with van der Waals surface area (Å²) < 4.78 is 40.4. The maximum absolute atomic E-state index is 12.2. The highest BCUT2D eigenvalue weighted by atomic mass is 79.9. The minimum absolute atomic E-state index is 0.134. The lowest BCUT2D eigenvalue weighted by Crippen LogP contribution is -2.20. The van der Waals surface area contributed by atoms with Crippen LogP contribution in [0.25, 0.3) is 0 Å². The van der Waals surface area contributed by atoms with Crippen molar-refractivity contribution in [1.29, 1.82) is 0 Å². The Bertz CT molecular complexity index is 469. The first kappa shape index (κ1) is 13.7. The second-order valence-corrected chi connectivity index (χ2v) is 3.92. The Labute approximate surface area is 103 Å². The lowest BCUT2D eigenvalue weighted by molar-refractivity contribution is -0.274. The Hall–Kier alpha value is -1.37. The summed E-state index contributed by atoms with van der Waals surface area (Å²) in [6.07, 6.45) is -4.78. The highest BCUT2D eigenvalue weighted by Crippen LogP contribution is 2.34. The predicted molar refractivity (Wildman–Crippen MR) is 56.2 cm³/mol. The van der Waals surface area contributed by atoms with Crippen LogP contribution >= 0.6 is 15.9 Å². The predicted octanol–water partition coefficient (Wildman–Crippen LogP) is 3.36. The second-order valence-electron chi connectivity index (χ2n) is 3.06. The van der Waals surface area contributed by atoms with Gasteiger partial charge in [0.25, 0.3) is 0 Å². The van der Waals surface area contributed by atoms with Crippen LogP contribution in [0.3, 0.4) is 0 Å². The third-order valence-corrected chi connectivity index (χ3v) is 2.49. The van der Waals surface area contributed by atoms with Crippen LogP contribution in [0.15, 0.2) is 16.6 Å². The molecule has 0 N–H and O–H groups in total. The van der Waals surface area contributed by atoms with E-state index in [-0.39, 0.29) is 21.9 Å². The van der Waals surface area contributed by atoms with Crippen molar-refractivity contribution in [2.75, 3.05) is 0 Å². The zero-order valence-electron chi connectivity index (χ0n) is 8.47. The van der Waals surface area contributed by atoms with Gasteiger partial charge in [0.2, 0.25) is 0 Å². The molecule has 1 aromatic rings. The van der Waals surface area contributed by atoms with E-state index in [1.165, 1.54) is 6.07 Å². The maximum Gasteiger partial charge on any atom is 0.573 e. The highest BCUT2D eigenvalue weighted by molar-refractivity contribution is 9.10. The number of Topliss-reactive ketones (excluding diaryl/α,β-unsaturated/α-hetero) is 1. The van der Waals surface area contributed by atoms with Gasteiger partial charge in [-0.15, -0.1) is 13.2 Å². The van der Waals surface area contributed by atoms with Gasteiger partial charge in [-0.25, -0.2) is 0 Å². The summed E-state index contributed by atoms with van der Waals surface area (Å²) in [4.78, 5) is 21.9. The molecule has 0 spiro atoms. The van der Waals surface area contributed by atoms with Gasteiger partial charge in [0.15, 0.2) is 17.8 Å². The molecule has 0 fully saturated rings.